The van der Waals surface area contributed by atoms with Crippen LogP contribution in [0.1, 0.15) is 23.7 Å². The van der Waals surface area contributed by atoms with Gasteiger partial charge in [-0.15, -0.1) is 0 Å². The predicted molar refractivity (Wildman–Crippen MR) is 63.7 cm³/mol. The first-order chi connectivity index (χ1) is 8.52. The number of aldehydes is 1. The summed E-state index contributed by atoms with van der Waals surface area (Å²) in [7, 11) is 0. The van der Waals surface area contributed by atoms with Gasteiger partial charge in [0.2, 0.25) is 0 Å². The lowest BCUT2D eigenvalue weighted by Crippen LogP contribution is -2.42. The topological polar surface area (TPSA) is 40.5 Å². The Morgan fingerprint density at radius 1 is 1.39 bits per heavy atom. The number of hydrogen-bond acceptors (Lipinski definition) is 3. The average Bonchev–Trinajstić information content (AvgIpc) is 2.32. The molecule has 0 saturated carbocycles. The van der Waals surface area contributed by atoms with E-state index >= 15 is 0 Å². The van der Waals surface area contributed by atoms with E-state index in [4.69, 9.17) is 0 Å². The van der Waals surface area contributed by atoms with E-state index in [2.05, 4.69) is 0 Å². The smallest absolute Gasteiger partial charge is 0.150 e. The number of carbonyl (C=O) groups excluding carboxylic acids is 1. The summed E-state index contributed by atoms with van der Waals surface area (Å²) in [6.45, 7) is 2.64. The molecule has 0 radical (unpaired) electrons. The number of nitrogens with zero attached hydrogens (tertiary/aromatic N) is 1. The van der Waals surface area contributed by atoms with E-state index < -0.39 is 17.7 Å². The second-order valence-electron chi connectivity index (χ2n) is 4.73. The van der Waals surface area contributed by atoms with Crippen molar-refractivity contribution in [2.75, 3.05) is 18.0 Å². The van der Waals surface area contributed by atoms with Gasteiger partial charge in [-0.3, -0.25) is 4.79 Å². The summed E-state index contributed by atoms with van der Waals surface area (Å²) in [5.74, 6) is -1.51. The molecular formula is C13H15F2NO2. The number of piperidine rings is 1. The van der Waals surface area contributed by atoms with Gasteiger partial charge in [-0.25, -0.2) is 8.78 Å². The maximum atomic E-state index is 13.8. The van der Waals surface area contributed by atoms with Crippen molar-refractivity contribution in [1.82, 2.24) is 0 Å². The number of aliphatic hydroxyl groups excluding tert-OH is 1. The first-order valence-corrected chi connectivity index (χ1v) is 5.90. The maximum Gasteiger partial charge on any atom is 0.150 e. The minimum Gasteiger partial charge on any atom is -0.393 e. The molecule has 1 aliphatic heterocycles. The standard InChI is InChI=1S/C13H15F2NO2/c1-8-6-16(3-2-12(8)18)13-10(14)4-9(7-17)5-11(13)15/h4-5,7-8,12,18H,2-3,6H2,1H3. The fraction of sp³-hybridized carbons (Fsp3) is 0.462. The molecule has 2 rings (SSSR count). The second kappa shape index (κ2) is 5.02. The highest BCUT2D eigenvalue weighted by Crippen LogP contribution is 2.29. The van der Waals surface area contributed by atoms with Crippen LogP contribution in [0.25, 0.3) is 0 Å². The van der Waals surface area contributed by atoms with Crippen LogP contribution < -0.4 is 4.90 Å². The van der Waals surface area contributed by atoms with Crippen molar-refractivity contribution in [3.63, 3.8) is 0 Å². The number of hydrogen-bond donors (Lipinski definition) is 1. The Labute approximate surface area is 104 Å². The summed E-state index contributed by atoms with van der Waals surface area (Å²) in [6.07, 6.45) is 0.468. The van der Waals surface area contributed by atoms with Gasteiger partial charge in [-0.2, -0.15) is 0 Å². The average molecular weight is 255 g/mol. The summed E-state index contributed by atoms with van der Waals surface area (Å²) < 4.78 is 27.6. The van der Waals surface area contributed by atoms with Gasteiger partial charge in [-0.1, -0.05) is 6.92 Å². The van der Waals surface area contributed by atoms with E-state index in [1.807, 2.05) is 6.92 Å². The summed E-state index contributed by atoms with van der Waals surface area (Å²) >= 11 is 0. The van der Waals surface area contributed by atoms with Crippen molar-refractivity contribution >= 4 is 12.0 Å². The van der Waals surface area contributed by atoms with Crippen LogP contribution in [0.15, 0.2) is 12.1 Å². The monoisotopic (exact) mass is 255 g/mol. The molecule has 0 amide bonds. The van der Waals surface area contributed by atoms with Gasteiger partial charge in [0, 0.05) is 18.7 Å². The van der Waals surface area contributed by atoms with Gasteiger partial charge < -0.3 is 10.0 Å². The quantitative estimate of drug-likeness (QED) is 0.821. The van der Waals surface area contributed by atoms with Crippen LogP contribution in [0.2, 0.25) is 0 Å². The summed E-state index contributed by atoms with van der Waals surface area (Å²) in [6, 6.07) is 2.06. The number of halogens is 2. The van der Waals surface area contributed by atoms with Gasteiger partial charge in [0.15, 0.2) is 0 Å². The highest BCUT2D eigenvalue weighted by molar-refractivity contribution is 5.76. The molecule has 2 unspecified atom stereocenters. The largest absolute Gasteiger partial charge is 0.393 e. The normalized spacial score (nSPS) is 24.1. The van der Waals surface area contributed by atoms with E-state index in [0.29, 0.717) is 25.8 Å². The van der Waals surface area contributed by atoms with Crippen molar-refractivity contribution in [2.45, 2.75) is 19.4 Å². The SMILES string of the molecule is CC1CN(c2c(F)cc(C=O)cc2F)CCC1O. The van der Waals surface area contributed by atoms with Crippen LogP contribution in [0, 0.1) is 17.6 Å². The molecular weight excluding hydrogens is 240 g/mol. The molecule has 0 aromatic heterocycles. The van der Waals surface area contributed by atoms with Crippen LogP contribution in [-0.2, 0) is 0 Å². The highest BCUT2D eigenvalue weighted by Gasteiger charge is 2.27. The molecule has 1 heterocycles. The molecule has 2 atom stereocenters. The molecule has 1 aromatic rings. The van der Waals surface area contributed by atoms with Crippen molar-refractivity contribution < 1.29 is 18.7 Å². The fourth-order valence-corrected chi connectivity index (χ4v) is 2.29. The van der Waals surface area contributed by atoms with Crippen molar-refractivity contribution in [2.24, 2.45) is 5.92 Å². The highest BCUT2D eigenvalue weighted by atomic mass is 19.1. The van der Waals surface area contributed by atoms with Crippen LogP contribution in [0.3, 0.4) is 0 Å². The van der Waals surface area contributed by atoms with E-state index in [1.165, 1.54) is 0 Å². The zero-order chi connectivity index (χ0) is 13.3. The third kappa shape index (κ3) is 2.36. The van der Waals surface area contributed by atoms with Gasteiger partial charge in [-0.05, 0) is 24.5 Å². The van der Waals surface area contributed by atoms with Crippen LogP contribution >= 0.6 is 0 Å². The van der Waals surface area contributed by atoms with E-state index in [1.54, 1.807) is 4.90 Å². The predicted octanol–water partition coefficient (Wildman–Crippen LogP) is 1.98. The minimum atomic E-state index is -0.735. The molecule has 1 saturated heterocycles. The molecule has 0 bridgehead atoms. The zero-order valence-corrected chi connectivity index (χ0v) is 10.1. The maximum absolute atomic E-state index is 13.8. The number of benzene rings is 1. The van der Waals surface area contributed by atoms with Gasteiger partial charge in [0.25, 0.3) is 0 Å². The number of aliphatic hydroxyl groups is 1. The van der Waals surface area contributed by atoms with Gasteiger partial charge in [0.05, 0.1) is 6.10 Å². The first kappa shape index (κ1) is 13.0. The Morgan fingerprint density at radius 3 is 2.50 bits per heavy atom. The fourth-order valence-electron chi connectivity index (χ4n) is 2.29. The number of carbonyl (C=O) groups is 1. The first-order valence-electron chi connectivity index (χ1n) is 5.90. The Kier molecular flexibility index (Phi) is 3.61. The van der Waals surface area contributed by atoms with Crippen molar-refractivity contribution in [1.29, 1.82) is 0 Å². The molecule has 18 heavy (non-hydrogen) atoms. The molecule has 1 fully saturated rings. The third-order valence-corrected chi connectivity index (χ3v) is 3.35. The van der Waals surface area contributed by atoms with Crippen molar-refractivity contribution in [3.05, 3.63) is 29.3 Å². The lowest BCUT2D eigenvalue weighted by Gasteiger charge is -2.36. The van der Waals surface area contributed by atoms with Crippen LogP contribution in [0.5, 0.6) is 0 Å². The Morgan fingerprint density at radius 2 is 2.00 bits per heavy atom. The van der Waals surface area contributed by atoms with Crippen LogP contribution in [0.4, 0.5) is 14.5 Å². The van der Waals surface area contributed by atoms with E-state index in [0.717, 1.165) is 12.1 Å². The van der Waals surface area contributed by atoms with Gasteiger partial charge >= 0.3 is 0 Å². The number of anilines is 1. The summed E-state index contributed by atoms with van der Waals surface area (Å²) in [5.41, 5.74) is -0.127. The number of rotatable bonds is 2. The van der Waals surface area contributed by atoms with Crippen molar-refractivity contribution in [3.8, 4) is 0 Å². The Balaban J connectivity index is 2.31. The molecule has 3 nitrogen and oxygen atoms in total. The van der Waals surface area contributed by atoms with Gasteiger partial charge in [0.1, 0.15) is 23.6 Å². The molecule has 0 aliphatic carbocycles. The summed E-state index contributed by atoms with van der Waals surface area (Å²) in [4.78, 5) is 12.1. The molecule has 1 N–H and O–H groups in total. The molecule has 5 heteroatoms. The Hall–Kier alpha value is -1.49. The Bertz CT molecular complexity index is 441. The molecule has 1 aliphatic rings. The van der Waals surface area contributed by atoms with E-state index in [9.17, 15) is 18.7 Å². The van der Waals surface area contributed by atoms with E-state index in [-0.39, 0.29) is 17.2 Å². The molecule has 98 valence electrons. The molecule has 0 spiro atoms. The molecule has 1 aromatic carbocycles. The lowest BCUT2D eigenvalue weighted by molar-refractivity contribution is 0.0966. The second-order valence-corrected chi connectivity index (χ2v) is 4.73. The zero-order valence-electron chi connectivity index (χ0n) is 10.1. The van der Waals surface area contributed by atoms with Crippen LogP contribution in [-0.4, -0.2) is 30.6 Å². The minimum absolute atomic E-state index is 0.0150. The lowest BCUT2D eigenvalue weighted by atomic mass is 9.96. The third-order valence-electron chi connectivity index (χ3n) is 3.35. The summed E-state index contributed by atoms with van der Waals surface area (Å²) in [5, 5.41) is 9.60.